The normalized spacial score (nSPS) is 11.1. The van der Waals surface area contributed by atoms with Gasteiger partial charge in [0.2, 0.25) is 0 Å². The second-order valence-electron chi connectivity index (χ2n) is 3.79. The van der Waals surface area contributed by atoms with E-state index >= 15 is 0 Å². The number of hydrogen-bond acceptors (Lipinski definition) is 2. The first-order chi connectivity index (χ1) is 8.58. The molecule has 1 aromatic carbocycles. The highest BCUT2D eigenvalue weighted by molar-refractivity contribution is 7.11. The minimum atomic E-state index is -0.449. The third-order valence-corrected chi connectivity index (χ3v) is 3.78. The van der Waals surface area contributed by atoms with Crippen molar-refractivity contribution in [2.75, 3.05) is 0 Å². The molecule has 92 valence electrons. The molecule has 2 aromatic rings. The maximum Gasteiger partial charge on any atom is 0.187 e. The molecule has 0 aliphatic carbocycles. The molecule has 0 radical (unpaired) electrons. The van der Waals surface area contributed by atoms with E-state index in [-0.39, 0.29) is 10.8 Å². The van der Waals surface area contributed by atoms with Crippen molar-refractivity contribution in [3.8, 4) is 0 Å². The number of allylic oxidation sites excluding steroid dienone is 1. The van der Waals surface area contributed by atoms with Crippen LogP contribution in [0, 0.1) is 12.7 Å². The van der Waals surface area contributed by atoms with Crippen molar-refractivity contribution in [2.45, 2.75) is 6.92 Å². The Morgan fingerprint density at radius 2 is 2.17 bits per heavy atom. The summed E-state index contributed by atoms with van der Waals surface area (Å²) < 4.78 is 12.9. The summed E-state index contributed by atoms with van der Waals surface area (Å²) >= 11 is 7.39. The van der Waals surface area contributed by atoms with Gasteiger partial charge in [0.15, 0.2) is 5.78 Å². The van der Waals surface area contributed by atoms with Crippen molar-refractivity contribution in [2.24, 2.45) is 0 Å². The molecule has 0 atom stereocenters. The summed E-state index contributed by atoms with van der Waals surface area (Å²) in [4.78, 5) is 12.9. The standard InChI is InChI=1S/C14H10ClFOS/c1-9-6-7-18-14(9)5-4-13(17)11-3-2-10(16)8-12(11)15/h2-8H,1H3/b5-4+. The van der Waals surface area contributed by atoms with E-state index in [0.29, 0.717) is 5.56 Å². The van der Waals surface area contributed by atoms with Gasteiger partial charge in [-0.1, -0.05) is 11.6 Å². The molecule has 1 aromatic heterocycles. The molecule has 0 saturated carbocycles. The Bertz CT molecular complexity index is 616. The van der Waals surface area contributed by atoms with E-state index in [2.05, 4.69) is 0 Å². The lowest BCUT2D eigenvalue weighted by molar-refractivity contribution is 0.104. The van der Waals surface area contributed by atoms with Gasteiger partial charge in [-0.3, -0.25) is 4.79 Å². The average molecular weight is 281 g/mol. The Labute approximate surface area is 114 Å². The molecule has 0 aliphatic heterocycles. The Balaban J connectivity index is 2.22. The summed E-state index contributed by atoms with van der Waals surface area (Å²) in [5, 5.41) is 2.09. The van der Waals surface area contributed by atoms with E-state index < -0.39 is 5.82 Å². The van der Waals surface area contributed by atoms with Gasteiger partial charge >= 0.3 is 0 Å². The number of rotatable bonds is 3. The van der Waals surface area contributed by atoms with E-state index in [1.165, 1.54) is 18.2 Å². The van der Waals surface area contributed by atoms with Gasteiger partial charge in [0.25, 0.3) is 0 Å². The van der Waals surface area contributed by atoms with Crippen LogP contribution in [0.4, 0.5) is 4.39 Å². The molecular formula is C14H10ClFOS. The highest BCUT2D eigenvalue weighted by atomic mass is 35.5. The van der Waals surface area contributed by atoms with E-state index in [1.54, 1.807) is 17.4 Å². The van der Waals surface area contributed by atoms with Crippen molar-refractivity contribution in [3.05, 3.63) is 62.6 Å². The van der Waals surface area contributed by atoms with E-state index in [0.717, 1.165) is 16.5 Å². The van der Waals surface area contributed by atoms with Crippen molar-refractivity contribution in [1.82, 2.24) is 0 Å². The third kappa shape index (κ3) is 2.86. The van der Waals surface area contributed by atoms with Gasteiger partial charge in [0.05, 0.1) is 5.02 Å². The van der Waals surface area contributed by atoms with Crippen LogP contribution in [0.1, 0.15) is 20.8 Å². The SMILES string of the molecule is Cc1ccsc1/C=C/C(=O)c1ccc(F)cc1Cl. The monoisotopic (exact) mass is 280 g/mol. The molecule has 0 bridgehead atoms. The maximum atomic E-state index is 12.9. The Hall–Kier alpha value is -1.45. The fourth-order valence-corrected chi connectivity index (χ4v) is 2.57. The first-order valence-corrected chi connectivity index (χ1v) is 6.55. The van der Waals surface area contributed by atoms with Crippen LogP contribution in [-0.2, 0) is 0 Å². The summed E-state index contributed by atoms with van der Waals surface area (Å²) in [5.41, 5.74) is 1.43. The van der Waals surface area contributed by atoms with Gasteiger partial charge in [0, 0.05) is 10.4 Å². The van der Waals surface area contributed by atoms with E-state index in [4.69, 9.17) is 11.6 Å². The molecule has 2 rings (SSSR count). The largest absolute Gasteiger partial charge is 0.289 e. The number of carbonyl (C=O) groups is 1. The minimum absolute atomic E-state index is 0.132. The molecule has 0 N–H and O–H groups in total. The first kappa shape index (κ1) is 13.0. The second-order valence-corrected chi connectivity index (χ2v) is 5.14. The minimum Gasteiger partial charge on any atom is -0.289 e. The topological polar surface area (TPSA) is 17.1 Å². The number of benzene rings is 1. The Morgan fingerprint density at radius 1 is 1.39 bits per heavy atom. The molecular weight excluding hydrogens is 271 g/mol. The summed E-state index contributed by atoms with van der Waals surface area (Å²) in [7, 11) is 0. The highest BCUT2D eigenvalue weighted by Crippen LogP contribution is 2.20. The maximum absolute atomic E-state index is 12.9. The first-order valence-electron chi connectivity index (χ1n) is 5.29. The van der Waals surface area contributed by atoms with Gasteiger partial charge in [-0.25, -0.2) is 4.39 Å². The van der Waals surface area contributed by atoms with Gasteiger partial charge < -0.3 is 0 Å². The predicted octanol–water partition coefficient (Wildman–Crippen LogP) is 4.75. The van der Waals surface area contributed by atoms with Crippen molar-refractivity contribution in [3.63, 3.8) is 0 Å². The predicted molar refractivity (Wildman–Crippen MR) is 73.8 cm³/mol. The molecule has 0 saturated heterocycles. The smallest absolute Gasteiger partial charge is 0.187 e. The zero-order valence-corrected chi connectivity index (χ0v) is 11.2. The molecule has 4 heteroatoms. The van der Waals surface area contributed by atoms with Gasteiger partial charge in [0.1, 0.15) is 5.82 Å². The summed E-state index contributed by atoms with van der Waals surface area (Å²) in [6, 6.07) is 5.74. The van der Waals surface area contributed by atoms with Gasteiger partial charge in [-0.2, -0.15) is 0 Å². The number of aryl methyl sites for hydroxylation is 1. The lowest BCUT2D eigenvalue weighted by Gasteiger charge is -1.99. The third-order valence-electron chi connectivity index (χ3n) is 2.48. The van der Waals surface area contributed by atoms with Crippen LogP contribution in [0.5, 0.6) is 0 Å². The zero-order chi connectivity index (χ0) is 13.1. The molecule has 0 unspecified atom stereocenters. The molecule has 18 heavy (non-hydrogen) atoms. The summed E-state index contributed by atoms with van der Waals surface area (Å²) in [6.07, 6.45) is 3.21. The van der Waals surface area contributed by atoms with Crippen LogP contribution in [0.15, 0.2) is 35.7 Å². The quantitative estimate of drug-likeness (QED) is 0.586. The molecule has 0 amide bonds. The van der Waals surface area contributed by atoms with Crippen LogP contribution in [-0.4, -0.2) is 5.78 Å². The number of carbonyl (C=O) groups excluding carboxylic acids is 1. The van der Waals surface area contributed by atoms with Gasteiger partial charge in [-0.15, -0.1) is 11.3 Å². The van der Waals surface area contributed by atoms with Crippen LogP contribution >= 0.6 is 22.9 Å². The fraction of sp³-hybridized carbons (Fsp3) is 0.0714. The number of hydrogen-bond donors (Lipinski definition) is 0. The number of halogens is 2. The average Bonchev–Trinajstić information content (AvgIpc) is 2.72. The lowest BCUT2D eigenvalue weighted by Crippen LogP contribution is -1.95. The number of ketones is 1. The van der Waals surface area contributed by atoms with Crippen molar-refractivity contribution < 1.29 is 9.18 Å². The number of thiophene rings is 1. The van der Waals surface area contributed by atoms with Crippen LogP contribution < -0.4 is 0 Å². The second kappa shape index (κ2) is 5.46. The lowest BCUT2D eigenvalue weighted by atomic mass is 10.1. The molecule has 0 fully saturated rings. The molecule has 1 heterocycles. The van der Waals surface area contributed by atoms with E-state index in [1.807, 2.05) is 18.4 Å². The Kier molecular flexibility index (Phi) is 3.94. The van der Waals surface area contributed by atoms with E-state index in [9.17, 15) is 9.18 Å². The zero-order valence-electron chi connectivity index (χ0n) is 9.61. The van der Waals surface area contributed by atoms with Crippen LogP contribution in [0.2, 0.25) is 5.02 Å². The van der Waals surface area contributed by atoms with Gasteiger partial charge in [-0.05, 0) is 54.3 Å². The van der Waals surface area contributed by atoms with Crippen LogP contribution in [0.3, 0.4) is 0 Å². The molecule has 1 nitrogen and oxygen atoms in total. The molecule has 0 aliphatic rings. The van der Waals surface area contributed by atoms with Crippen molar-refractivity contribution in [1.29, 1.82) is 0 Å². The van der Waals surface area contributed by atoms with Crippen LogP contribution in [0.25, 0.3) is 6.08 Å². The highest BCUT2D eigenvalue weighted by Gasteiger charge is 2.08. The Morgan fingerprint density at radius 3 is 2.78 bits per heavy atom. The fourth-order valence-electron chi connectivity index (χ4n) is 1.49. The summed E-state index contributed by atoms with van der Waals surface area (Å²) in [6.45, 7) is 1.98. The van der Waals surface area contributed by atoms with Crippen molar-refractivity contribution >= 4 is 34.8 Å². The summed E-state index contributed by atoms with van der Waals surface area (Å²) in [5.74, 6) is -0.678. The molecule has 0 spiro atoms.